The number of nitrogens with zero attached hydrogens (tertiary/aromatic N) is 1. The van der Waals surface area contributed by atoms with Crippen LogP contribution in [0.4, 0.5) is 0 Å². The molecule has 0 aliphatic carbocycles. The molecular formula is C10H18ClN. The van der Waals surface area contributed by atoms with E-state index in [4.69, 9.17) is 11.6 Å². The Morgan fingerprint density at radius 2 is 2.17 bits per heavy atom. The van der Waals surface area contributed by atoms with Crippen LogP contribution in [0.15, 0.2) is 16.6 Å². The van der Waals surface area contributed by atoms with Crippen LogP contribution in [-0.2, 0) is 0 Å². The highest BCUT2D eigenvalue weighted by Crippen LogP contribution is 2.03. The number of rotatable bonds is 5. The Morgan fingerprint density at radius 3 is 2.58 bits per heavy atom. The summed E-state index contributed by atoms with van der Waals surface area (Å²) in [6.07, 6.45) is 6.12. The molecule has 0 atom stereocenters. The van der Waals surface area contributed by atoms with Crippen LogP contribution in [0, 0.1) is 0 Å². The van der Waals surface area contributed by atoms with E-state index in [1.165, 1.54) is 5.57 Å². The van der Waals surface area contributed by atoms with Gasteiger partial charge in [0.05, 0.1) is 0 Å². The maximum absolute atomic E-state index is 5.59. The first-order valence-electron chi connectivity index (χ1n) is 4.45. The summed E-state index contributed by atoms with van der Waals surface area (Å²) in [6, 6.07) is 0.385. The number of hydrogen-bond donors (Lipinski definition) is 0. The Bertz CT molecular complexity index is 159. The Balaban J connectivity index is 3.84. The van der Waals surface area contributed by atoms with Crippen molar-refractivity contribution in [2.75, 3.05) is 5.88 Å². The van der Waals surface area contributed by atoms with Crippen molar-refractivity contribution in [1.29, 1.82) is 0 Å². The predicted octanol–water partition coefficient (Wildman–Crippen LogP) is 3.43. The summed E-state index contributed by atoms with van der Waals surface area (Å²) in [5, 5.41) is 0. The molecule has 0 saturated heterocycles. The fourth-order valence-corrected chi connectivity index (χ4v) is 0.933. The average molecular weight is 188 g/mol. The molecule has 0 amide bonds. The molecule has 0 aromatic heterocycles. The Hall–Kier alpha value is -0.300. The minimum Gasteiger partial charge on any atom is -0.290 e. The lowest BCUT2D eigenvalue weighted by Gasteiger charge is -1.99. The minimum atomic E-state index is 0.385. The zero-order chi connectivity index (χ0) is 9.40. The number of halogens is 1. The maximum atomic E-state index is 5.59. The van der Waals surface area contributed by atoms with Crippen molar-refractivity contribution in [2.24, 2.45) is 4.99 Å². The van der Waals surface area contributed by atoms with Crippen molar-refractivity contribution < 1.29 is 0 Å². The molecule has 0 aliphatic heterocycles. The Kier molecular flexibility index (Phi) is 7.17. The smallest absolute Gasteiger partial charge is 0.0443 e. The monoisotopic (exact) mass is 187 g/mol. The molecule has 0 saturated carbocycles. The van der Waals surface area contributed by atoms with Gasteiger partial charge in [0, 0.05) is 18.1 Å². The zero-order valence-corrected chi connectivity index (χ0v) is 8.93. The average Bonchev–Trinajstić information content (AvgIpc) is 2.05. The van der Waals surface area contributed by atoms with Crippen molar-refractivity contribution >= 4 is 17.8 Å². The molecule has 0 unspecified atom stereocenters. The van der Waals surface area contributed by atoms with Crippen molar-refractivity contribution in [3.63, 3.8) is 0 Å². The summed E-state index contributed by atoms with van der Waals surface area (Å²) in [7, 11) is 0. The van der Waals surface area contributed by atoms with Gasteiger partial charge in [-0.05, 0) is 39.2 Å². The van der Waals surface area contributed by atoms with Crippen molar-refractivity contribution in [1.82, 2.24) is 0 Å². The van der Waals surface area contributed by atoms with E-state index in [-0.39, 0.29) is 0 Å². The van der Waals surface area contributed by atoms with Gasteiger partial charge in [0.1, 0.15) is 0 Å². The van der Waals surface area contributed by atoms with Crippen molar-refractivity contribution in [3.8, 4) is 0 Å². The summed E-state index contributed by atoms with van der Waals surface area (Å²) >= 11 is 5.59. The fourth-order valence-electron chi connectivity index (χ4n) is 0.799. The number of alkyl halides is 1. The first kappa shape index (κ1) is 11.7. The number of aliphatic imine (C=N–C) groups is 1. The van der Waals surface area contributed by atoms with Gasteiger partial charge in [-0.1, -0.05) is 6.08 Å². The van der Waals surface area contributed by atoms with Gasteiger partial charge in [0.15, 0.2) is 0 Å². The molecule has 0 rings (SSSR count). The van der Waals surface area contributed by atoms with E-state index in [1.807, 2.05) is 13.1 Å². The van der Waals surface area contributed by atoms with Crippen LogP contribution in [0.25, 0.3) is 0 Å². The molecule has 0 radical (unpaired) electrons. The summed E-state index contributed by atoms with van der Waals surface area (Å²) in [4.78, 5) is 4.31. The van der Waals surface area contributed by atoms with E-state index in [9.17, 15) is 0 Å². The maximum Gasteiger partial charge on any atom is 0.0443 e. The lowest BCUT2D eigenvalue weighted by molar-refractivity contribution is 0.837. The van der Waals surface area contributed by atoms with E-state index in [2.05, 4.69) is 24.9 Å². The van der Waals surface area contributed by atoms with Gasteiger partial charge >= 0.3 is 0 Å². The molecule has 0 aromatic carbocycles. The molecule has 0 bridgehead atoms. The molecule has 0 heterocycles. The van der Waals surface area contributed by atoms with Gasteiger partial charge in [-0.3, -0.25) is 4.99 Å². The fraction of sp³-hybridized carbons (Fsp3) is 0.700. The molecule has 0 aliphatic rings. The van der Waals surface area contributed by atoms with Crippen LogP contribution in [-0.4, -0.2) is 18.1 Å². The van der Waals surface area contributed by atoms with Gasteiger partial charge in [-0.25, -0.2) is 0 Å². The highest BCUT2D eigenvalue weighted by molar-refractivity contribution is 6.17. The largest absolute Gasteiger partial charge is 0.290 e. The van der Waals surface area contributed by atoms with Crippen molar-refractivity contribution in [2.45, 2.75) is 39.7 Å². The standard InChI is InChI=1S/C10H18ClN/c1-4-10(6-5-7-11)8-12-9(2)3/h4,8-9H,5-7H2,1-3H3/b10-4+,12-8?. The third-order valence-electron chi connectivity index (χ3n) is 1.51. The van der Waals surface area contributed by atoms with E-state index in [1.54, 1.807) is 0 Å². The van der Waals surface area contributed by atoms with Gasteiger partial charge in [0.2, 0.25) is 0 Å². The van der Waals surface area contributed by atoms with Crippen molar-refractivity contribution in [3.05, 3.63) is 11.6 Å². The first-order chi connectivity index (χ1) is 5.70. The van der Waals surface area contributed by atoms with Crippen LogP contribution in [0.1, 0.15) is 33.6 Å². The van der Waals surface area contributed by atoms with Gasteiger partial charge in [0.25, 0.3) is 0 Å². The highest BCUT2D eigenvalue weighted by atomic mass is 35.5. The lowest BCUT2D eigenvalue weighted by atomic mass is 10.1. The molecule has 2 heteroatoms. The number of hydrogen-bond acceptors (Lipinski definition) is 1. The SMILES string of the molecule is C/C=C(/C=NC(C)C)CCCCl. The Morgan fingerprint density at radius 1 is 1.50 bits per heavy atom. The third-order valence-corrected chi connectivity index (χ3v) is 1.78. The van der Waals surface area contributed by atoms with Crippen LogP contribution in [0.2, 0.25) is 0 Å². The quantitative estimate of drug-likeness (QED) is 0.462. The van der Waals surface area contributed by atoms with Crippen LogP contribution in [0.5, 0.6) is 0 Å². The second kappa shape index (κ2) is 7.35. The molecule has 0 spiro atoms. The van der Waals surface area contributed by atoms with E-state index < -0.39 is 0 Å². The summed E-state index contributed by atoms with van der Waals surface area (Å²) in [5.74, 6) is 0.729. The van der Waals surface area contributed by atoms with Crippen LogP contribution in [0.3, 0.4) is 0 Å². The topological polar surface area (TPSA) is 12.4 Å². The van der Waals surface area contributed by atoms with Gasteiger partial charge in [-0.15, -0.1) is 11.6 Å². The van der Waals surface area contributed by atoms with E-state index in [0.717, 1.165) is 18.7 Å². The van der Waals surface area contributed by atoms with Gasteiger partial charge in [-0.2, -0.15) is 0 Å². The molecule has 0 fully saturated rings. The second-order valence-electron chi connectivity index (χ2n) is 3.03. The summed E-state index contributed by atoms with van der Waals surface area (Å²) in [6.45, 7) is 6.19. The van der Waals surface area contributed by atoms with Crippen LogP contribution >= 0.6 is 11.6 Å². The predicted molar refractivity (Wildman–Crippen MR) is 57.3 cm³/mol. The van der Waals surface area contributed by atoms with E-state index >= 15 is 0 Å². The normalized spacial score (nSPS) is 13.2. The minimum absolute atomic E-state index is 0.385. The molecule has 12 heavy (non-hydrogen) atoms. The lowest BCUT2D eigenvalue weighted by Crippen LogP contribution is -1.92. The third kappa shape index (κ3) is 6.41. The van der Waals surface area contributed by atoms with E-state index in [0.29, 0.717) is 6.04 Å². The molecule has 0 N–H and O–H groups in total. The number of allylic oxidation sites excluding steroid dienone is 2. The molecule has 70 valence electrons. The Labute approximate surface area is 80.5 Å². The van der Waals surface area contributed by atoms with Crippen LogP contribution < -0.4 is 0 Å². The first-order valence-corrected chi connectivity index (χ1v) is 4.98. The molecule has 0 aromatic rings. The van der Waals surface area contributed by atoms with Gasteiger partial charge < -0.3 is 0 Å². The zero-order valence-electron chi connectivity index (χ0n) is 8.18. The molecular weight excluding hydrogens is 170 g/mol. The summed E-state index contributed by atoms with van der Waals surface area (Å²) < 4.78 is 0. The second-order valence-corrected chi connectivity index (χ2v) is 3.41. The summed E-state index contributed by atoms with van der Waals surface area (Å²) in [5.41, 5.74) is 1.28. The molecule has 1 nitrogen and oxygen atoms in total. The highest BCUT2D eigenvalue weighted by Gasteiger charge is 1.92.